The molecule has 2 atom stereocenters. The quantitative estimate of drug-likeness (QED) is 0.503. The summed E-state index contributed by atoms with van der Waals surface area (Å²) in [5.74, 6) is 0. The molecule has 0 bridgehead atoms. The number of hydrogen-bond donors (Lipinski definition) is 0. The summed E-state index contributed by atoms with van der Waals surface area (Å²) in [6.45, 7) is 13.1. The molecule has 0 radical (unpaired) electrons. The van der Waals surface area contributed by atoms with Gasteiger partial charge in [-0.05, 0) is 41.5 Å². The molecule has 2 nitrogen and oxygen atoms in total. The summed E-state index contributed by atoms with van der Waals surface area (Å²) >= 11 is 6.01. The minimum absolute atomic E-state index is 0.0937. The van der Waals surface area contributed by atoms with Crippen LogP contribution < -0.4 is 0 Å². The second-order valence-electron chi connectivity index (χ2n) is 5.86. The molecular formula is C12H24BrIO2. The first kappa shape index (κ1) is 17.1. The summed E-state index contributed by atoms with van der Waals surface area (Å²) in [6.07, 6.45) is 0.183. The Hall–Kier alpha value is 1.13. The third-order valence-corrected chi connectivity index (χ3v) is 3.46. The lowest BCUT2D eigenvalue weighted by atomic mass is 10.1. The van der Waals surface area contributed by atoms with Gasteiger partial charge >= 0.3 is 0 Å². The van der Waals surface area contributed by atoms with Crippen LogP contribution in [0, 0.1) is 0 Å². The monoisotopic (exact) mass is 406 g/mol. The molecule has 98 valence electrons. The highest BCUT2D eigenvalue weighted by Crippen LogP contribution is 2.21. The zero-order valence-corrected chi connectivity index (χ0v) is 14.9. The van der Waals surface area contributed by atoms with E-state index in [0.717, 1.165) is 4.43 Å². The van der Waals surface area contributed by atoms with E-state index in [1.54, 1.807) is 0 Å². The van der Waals surface area contributed by atoms with Gasteiger partial charge in [-0.1, -0.05) is 38.5 Å². The third-order valence-electron chi connectivity index (χ3n) is 1.74. The lowest BCUT2D eigenvalue weighted by Gasteiger charge is -2.31. The molecular weight excluding hydrogens is 383 g/mol. The highest BCUT2D eigenvalue weighted by Gasteiger charge is 2.25. The normalized spacial score (nSPS) is 17.2. The van der Waals surface area contributed by atoms with Crippen molar-refractivity contribution in [2.75, 3.05) is 11.0 Å². The minimum atomic E-state index is -0.108. The first-order valence-electron chi connectivity index (χ1n) is 5.57. The molecule has 0 aromatic rings. The van der Waals surface area contributed by atoms with E-state index in [0.29, 0.717) is 6.61 Å². The van der Waals surface area contributed by atoms with Crippen molar-refractivity contribution in [2.24, 2.45) is 0 Å². The second-order valence-corrected chi connectivity index (χ2v) is 7.92. The number of halogens is 2. The van der Waals surface area contributed by atoms with Crippen molar-refractivity contribution < 1.29 is 9.47 Å². The maximum absolute atomic E-state index is 5.98. The summed E-state index contributed by atoms with van der Waals surface area (Å²) in [4.78, 5) is 0.239. The van der Waals surface area contributed by atoms with Crippen molar-refractivity contribution >= 4 is 38.5 Å². The molecule has 0 aromatic carbocycles. The van der Waals surface area contributed by atoms with Crippen molar-refractivity contribution in [1.82, 2.24) is 0 Å². The maximum atomic E-state index is 5.98. The lowest BCUT2D eigenvalue weighted by Crippen LogP contribution is -2.38. The van der Waals surface area contributed by atoms with E-state index in [2.05, 4.69) is 80.1 Å². The van der Waals surface area contributed by atoms with Gasteiger partial charge in [0.25, 0.3) is 0 Å². The highest BCUT2D eigenvalue weighted by molar-refractivity contribution is 14.1. The molecule has 0 saturated heterocycles. The fourth-order valence-corrected chi connectivity index (χ4v) is 3.01. The van der Waals surface area contributed by atoms with E-state index in [-0.39, 0.29) is 22.1 Å². The summed E-state index contributed by atoms with van der Waals surface area (Å²) in [7, 11) is 0. The van der Waals surface area contributed by atoms with Gasteiger partial charge < -0.3 is 9.47 Å². The zero-order chi connectivity index (χ0) is 13.0. The van der Waals surface area contributed by atoms with Crippen molar-refractivity contribution in [3.8, 4) is 0 Å². The van der Waals surface area contributed by atoms with Crippen molar-refractivity contribution in [3.63, 3.8) is 0 Å². The van der Waals surface area contributed by atoms with Crippen LogP contribution >= 0.6 is 38.5 Å². The van der Waals surface area contributed by atoms with Gasteiger partial charge in [0, 0.05) is 4.43 Å². The molecule has 0 N–H and O–H groups in total. The molecule has 16 heavy (non-hydrogen) atoms. The fourth-order valence-electron chi connectivity index (χ4n) is 1.09. The first-order chi connectivity index (χ1) is 7.05. The fraction of sp³-hybridized carbons (Fsp3) is 1.00. The predicted molar refractivity (Wildman–Crippen MR) is 81.9 cm³/mol. The van der Waals surface area contributed by atoms with Gasteiger partial charge in [0.15, 0.2) is 0 Å². The van der Waals surface area contributed by atoms with Crippen LogP contribution in [0.15, 0.2) is 0 Å². The summed E-state index contributed by atoms with van der Waals surface area (Å²) in [5.41, 5.74) is -0.201. The zero-order valence-electron chi connectivity index (χ0n) is 11.1. The van der Waals surface area contributed by atoms with Crippen LogP contribution in [0.1, 0.15) is 41.5 Å². The molecule has 0 amide bonds. The Morgan fingerprint density at radius 2 is 1.56 bits per heavy atom. The number of alkyl halides is 2. The average molecular weight is 407 g/mol. The Labute approximate surface area is 122 Å². The number of hydrogen-bond acceptors (Lipinski definition) is 2. The smallest absolute Gasteiger partial charge is 0.0818 e. The van der Waals surface area contributed by atoms with E-state index in [1.165, 1.54) is 0 Å². The Morgan fingerprint density at radius 3 is 1.88 bits per heavy atom. The van der Waals surface area contributed by atoms with Gasteiger partial charge in [0.1, 0.15) is 0 Å². The van der Waals surface area contributed by atoms with Gasteiger partial charge in [-0.15, -0.1) is 0 Å². The average Bonchev–Trinajstić information content (AvgIpc) is 2.07. The highest BCUT2D eigenvalue weighted by atomic mass is 127. The standard InChI is InChI=1S/C12H24BrIO2/c1-11(2,3)15-8-9(13)10(7-14)16-12(4,5)6/h9-10H,7-8H2,1-6H3. The molecule has 0 aromatic heterocycles. The molecule has 0 saturated carbocycles. The van der Waals surface area contributed by atoms with Crippen LogP contribution in [-0.4, -0.2) is 33.2 Å². The van der Waals surface area contributed by atoms with Gasteiger partial charge in [-0.2, -0.15) is 0 Å². The van der Waals surface area contributed by atoms with Crippen LogP contribution in [0.2, 0.25) is 0 Å². The van der Waals surface area contributed by atoms with E-state index in [1.807, 2.05) is 0 Å². The molecule has 2 unspecified atom stereocenters. The van der Waals surface area contributed by atoms with E-state index < -0.39 is 0 Å². The topological polar surface area (TPSA) is 18.5 Å². The first-order valence-corrected chi connectivity index (χ1v) is 8.01. The Balaban J connectivity index is 4.16. The summed E-state index contributed by atoms with van der Waals surface area (Å²) in [5, 5.41) is 0. The van der Waals surface area contributed by atoms with Crippen LogP contribution in [0.4, 0.5) is 0 Å². The van der Waals surface area contributed by atoms with Crippen molar-refractivity contribution in [2.45, 2.75) is 63.7 Å². The maximum Gasteiger partial charge on any atom is 0.0818 e. The SMILES string of the molecule is CC(C)(C)OCC(Br)C(CI)OC(C)(C)C. The van der Waals surface area contributed by atoms with Crippen molar-refractivity contribution in [3.05, 3.63) is 0 Å². The van der Waals surface area contributed by atoms with Gasteiger partial charge in [-0.3, -0.25) is 0 Å². The van der Waals surface area contributed by atoms with Crippen LogP contribution in [0.3, 0.4) is 0 Å². The summed E-state index contributed by atoms with van der Waals surface area (Å²) in [6, 6.07) is 0. The van der Waals surface area contributed by atoms with Gasteiger partial charge in [0.2, 0.25) is 0 Å². The Kier molecular flexibility index (Phi) is 7.39. The molecule has 4 heteroatoms. The molecule has 0 spiro atoms. The number of rotatable bonds is 5. The molecule has 0 aliphatic heterocycles. The lowest BCUT2D eigenvalue weighted by molar-refractivity contribution is -0.0684. The molecule has 0 rings (SSSR count). The van der Waals surface area contributed by atoms with Gasteiger partial charge in [-0.25, -0.2) is 0 Å². The summed E-state index contributed by atoms with van der Waals surface area (Å²) < 4.78 is 12.7. The van der Waals surface area contributed by atoms with Crippen LogP contribution in [-0.2, 0) is 9.47 Å². The van der Waals surface area contributed by atoms with E-state index in [4.69, 9.17) is 9.47 Å². The second kappa shape index (κ2) is 6.90. The van der Waals surface area contributed by atoms with Crippen molar-refractivity contribution in [1.29, 1.82) is 0 Å². The Morgan fingerprint density at radius 1 is 1.06 bits per heavy atom. The van der Waals surface area contributed by atoms with Gasteiger partial charge in [0.05, 0.1) is 28.7 Å². The molecule has 0 heterocycles. The molecule has 0 fully saturated rings. The molecule has 0 aliphatic rings. The van der Waals surface area contributed by atoms with Crippen LogP contribution in [0.5, 0.6) is 0 Å². The number of ether oxygens (including phenoxy) is 2. The van der Waals surface area contributed by atoms with Crippen LogP contribution in [0.25, 0.3) is 0 Å². The minimum Gasteiger partial charge on any atom is -0.375 e. The largest absolute Gasteiger partial charge is 0.375 e. The van der Waals surface area contributed by atoms with E-state index in [9.17, 15) is 0 Å². The Bertz CT molecular complexity index is 196. The molecule has 0 aliphatic carbocycles. The third kappa shape index (κ3) is 9.19. The van der Waals surface area contributed by atoms with E-state index >= 15 is 0 Å². The predicted octanol–water partition coefficient (Wildman–Crippen LogP) is 4.18.